The van der Waals surface area contributed by atoms with Crippen LogP contribution in [0.2, 0.25) is 0 Å². The van der Waals surface area contributed by atoms with Crippen LogP contribution in [0.5, 0.6) is 0 Å². The maximum atomic E-state index is 11.6. The monoisotopic (exact) mass is 607 g/mol. The van der Waals surface area contributed by atoms with Crippen LogP contribution >= 0.6 is 0 Å². The lowest BCUT2D eigenvalue weighted by molar-refractivity contribution is 0.0680. The van der Waals surface area contributed by atoms with Gasteiger partial charge >= 0.3 is 11.9 Å². The smallest absolute Gasteiger partial charge is 0.354 e. The fourth-order valence-electron chi connectivity index (χ4n) is 4.87. The molecule has 7 aromatic rings. The molecule has 7 aromatic heterocycles. The van der Waals surface area contributed by atoms with Crippen molar-refractivity contribution >= 4 is 11.9 Å². The summed E-state index contributed by atoms with van der Waals surface area (Å²) in [6, 6.07) is 29.2. The Bertz CT molecular complexity index is 2070. The highest BCUT2D eigenvalue weighted by Gasteiger charge is 2.17. The standard InChI is InChI=1S/C35H21N5O6/c41-34(42)26-10-2-8-24(37-26)30-18-20(32-12-4-14-45-32)16-28(39-30)22-6-1-7-23(36-22)29-17-21(33-13-5-15-46-33)19-31(40-29)25-9-3-11-27(38-25)35(43)44/h1-19H,(H,41,42)(H,43,44). The molecule has 0 unspecified atom stereocenters. The van der Waals surface area contributed by atoms with E-state index in [0.29, 0.717) is 68.2 Å². The highest BCUT2D eigenvalue weighted by molar-refractivity contribution is 5.87. The van der Waals surface area contributed by atoms with Gasteiger partial charge in [-0.1, -0.05) is 18.2 Å². The maximum absolute atomic E-state index is 11.6. The van der Waals surface area contributed by atoms with Gasteiger partial charge in [0.25, 0.3) is 0 Å². The third kappa shape index (κ3) is 5.63. The highest BCUT2D eigenvalue weighted by Crippen LogP contribution is 2.32. The quantitative estimate of drug-likeness (QED) is 0.179. The Morgan fingerprint density at radius 3 is 1.13 bits per heavy atom. The fourth-order valence-corrected chi connectivity index (χ4v) is 4.87. The van der Waals surface area contributed by atoms with Crippen molar-refractivity contribution in [3.05, 3.63) is 127 Å². The van der Waals surface area contributed by atoms with Gasteiger partial charge in [0.2, 0.25) is 0 Å². The lowest BCUT2D eigenvalue weighted by Gasteiger charge is -2.11. The average Bonchev–Trinajstić information content (AvgIpc) is 3.84. The minimum absolute atomic E-state index is 0.105. The van der Waals surface area contributed by atoms with Crippen molar-refractivity contribution in [1.82, 2.24) is 24.9 Å². The van der Waals surface area contributed by atoms with Crippen LogP contribution in [0.15, 0.2) is 124 Å². The number of pyridine rings is 5. The van der Waals surface area contributed by atoms with Gasteiger partial charge in [0.05, 0.1) is 58.1 Å². The predicted molar refractivity (Wildman–Crippen MR) is 166 cm³/mol. The lowest BCUT2D eigenvalue weighted by atomic mass is 10.1. The number of carbonyl (C=O) groups is 2. The summed E-state index contributed by atoms with van der Waals surface area (Å²) >= 11 is 0. The summed E-state index contributed by atoms with van der Waals surface area (Å²) in [4.78, 5) is 46.3. The molecule has 7 heterocycles. The van der Waals surface area contributed by atoms with Crippen LogP contribution in [-0.4, -0.2) is 47.1 Å². The number of nitrogens with zero attached hydrogens (tertiary/aromatic N) is 5. The van der Waals surface area contributed by atoms with Crippen LogP contribution in [-0.2, 0) is 0 Å². The Morgan fingerprint density at radius 1 is 0.435 bits per heavy atom. The molecule has 11 nitrogen and oxygen atoms in total. The Hall–Kier alpha value is -6.75. The fraction of sp³-hybridized carbons (Fsp3) is 0. The van der Waals surface area contributed by atoms with Crippen molar-refractivity contribution in [1.29, 1.82) is 0 Å². The van der Waals surface area contributed by atoms with E-state index in [4.69, 9.17) is 23.8 Å². The molecule has 0 aliphatic rings. The highest BCUT2D eigenvalue weighted by atomic mass is 16.4. The maximum Gasteiger partial charge on any atom is 0.354 e. The summed E-state index contributed by atoms with van der Waals surface area (Å²) in [6.45, 7) is 0. The minimum Gasteiger partial charge on any atom is -0.477 e. The molecule has 0 saturated carbocycles. The SMILES string of the molecule is O=C(O)c1cccc(-c2cc(-c3ccco3)cc(-c3cccc(-c4cc(-c5ccco5)cc(-c5cccc(C(=O)O)n5)n4)n3)n2)n1. The summed E-state index contributed by atoms with van der Waals surface area (Å²) in [5, 5.41) is 19.0. The van der Waals surface area contributed by atoms with Crippen molar-refractivity contribution in [2.24, 2.45) is 0 Å². The van der Waals surface area contributed by atoms with E-state index < -0.39 is 11.9 Å². The number of aromatic carboxylic acids is 2. The zero-order chi connectivity index (χ0) is 31.6. The van der Waals surface area contributed by atoms with Gasteiger partial charge in [-0.3, -0.25) is 0 Å². The molecule has 0 spiro atoms. The van der Waals surface area contributed by atoms with Crippen molar-refractivity contribution in [2.45, 2.75) is 0 Å². The van der Waals surface area contributed by atoms with Crippen LogP contribution in [0.1, 0.15) is 21.0 Å². The normalized spacial score (nSPS) is 11.0. The molecule has 222 valence electrons. The van der Waals surface area contributed by atoms with Crippen molar-refractivity contribution < 1.29 is 28.6 Å². The van der Waals surface area contributed by atoms with E-state index in [9.17, 15) is 19.8 Å². The minimum atomic E-state index is -1.15. The van der Waals surface area contributed by atoms with Crippen LogP contribution in [0.4, 0.5) is 0 Å². The van der Waals surface area contributed by atoms with Crippen LogP contribution in [0.25, 0.3) is 68.2 Å². The Labute approximate surface area is 260 Å². The number of aromatic nitrogens is 5. The molecule has 0 aliphatic heterocycles. The van der Waals surface area contributed by atoms with Gasteiger partial charge in [-0.05, 0) is 84.9 Å². The van der Waals surface area contributed by atoms with Gasteiger partial charge in [-0.2, -0.15) is 0 Å². The summed E-state index contributed by atoms with van der Waals surface area (Å²) in [6.07, 6.45) is 3.13. The third-order valence-corrected chi connectivity index (χ3v) is 7.00. The summed E-state index contributed by atoms with van der Waals surface area (Å²) < 4.78 is 11.3. The van der Waals surface area contributed by atoms with E-state index in [1.807, 2.05) is 30.3 Å². The van der Waals surface area contributed by atoms with E-state index in [1.54, 1.807) is 73.2 Å². The first-order valence-corrected chi connectivity index (χ1v) is 13.9. The number of carboxylic acids is 2. The van der Waals surface area contributed by atoms with E-state index in [0.717, 1.165) is 0 Å². The van der Waals surface area contributed by atoms with Crippen molar-refractivity contribution in [2.75, 3.05) is 0 Å². The van der Waals surface area contributed by atoms with Gasteiger partial charge in [-0.25, -0.2) is 34.5 Å². The number of rotatable bonds is 8. The van der Waals surface area contributed by atoms with E-state index in [1.165, 1.54) is 12.1 Å². The average molecular weight is 608 g/mol. The molecule has 0 atom stereocenters. The molecule has 0 bridgehead atoms. The molecule has 0 amide bonds. The summed E-state index contributed by atoms with van der Waals surface area (Å²) in [5.74, 6) is -1.12. The topological polar surface area (TPSA) is 165 Å². The first-order valence-electron chi connectivity index (χ1n) is 13.9. The molecule has 0 saturated heterocycles. The molecule has 2 N–H and O–H groups in total. The van der Waals surface area contributed by atoms with Crippen LogP contribution in [0.3, 0.4) is 0 Å². The molecule has 0 radical (unpaired) electrons. The number of carboxylic acid groups (broad SMARTS) is 2. The predicted octanol–water partition coefficient (Wildman–Crippen LogP) is 7.25. The lowest BCUT2D eigenvalue weighted by Crippen LogP contribution is -2.02. The second kappa shape index (κ2) is 11.7. The van der Waals surface area contributed by atoms with E-state index in [-0.39, 0.29) is 11.4 Å². The first-order chi connectivity index (χ1) is 22.4. The van der Waals surface area contributed by atoms with Gasteiger partial charge in [0, 0.05) is 11.1 Å². The largest absolute Gasteiger partial charge is 0.477 e. The molecule has 11 heteroatoms. The van der Waals surface area contributed by atoms with E-state index in [2.05, 4.69) is 9.97 Å². The van der Waals surface area contributed by atoms with Gasteiger partial charge in [-0.15, -0.1) is 0 Å². The van der Waals surface area contributed by atoms with Gasteiger partial charge in [0.1, 0.15) is 22.9 Å². The first kappa shape index (κ1) is 28.0. The second-order valence-corrected chi connectivity index (χ2v) is 10.0. The summed E-state index contributed by atoms with van der Waals surface area (Å²) in [5.41, 5.74) is 4.81. The zero-order valence-electron chi connectivity index (χ0n) is 23.7. The number of hydrogen-bond donors (Lipinski definition) is 2. The molecule has 7 rings (SSSR count). The Balaban J connectivity index is 1.36. The van der Waals surface area contributed by atoms with Gasteiger partial charge in [0.15, 0.2) is 0 Å². The molecule has 46 heavy (non-hydrogen) atoms. The summed E-state index contributed by atoms with van der Waals surface area (Å²) in [7, 11) is 0. The van der Waals surface area contributed by atoms with Crippen LogP contribution < -0.4 is 0 Å². The molecule has 0 aromatic carbocycles. The molecule has 0 aliphatic carbocycles. The number of hydrogen-bond acceptors (Lipinski definition) is 9. The molecular formula is C35H21N5O6. The van der Waals surface area contributed by atoms with Gasteiger partial charge < -0.3 is 19.0 Å². The molecule has 0 fully saturated rings. The Kier molecular flexibility index (Phi) is 7.15. The van der Waals surface area contributed by atoms with Crippen molar-refractivity contribution in [3.63, 3.8) is 0 Å². The van der Waals surface area contributed by atoms with Crippen molar-refractivity contribution in [3.8, 4) is 68.2 Å². The number of furan rings is 2. The zero-order valence-corrected chi connectivity index (χ0v) is 23.7. The van der Waals surface area contributed by atoms with E-state index >= 15 is 0 Å². The second-order valence-electron chi connectivity index (χ2n) is 10.0. The van der Waals surface area contributed by atoms with Crippen LogP contribution in [0, 0.1) is 0 Å². The third-order valence-electron chi connectivity index (χ3n) is 7.00. The molecular weight excluding hydrogens is 586 g/mol. The Morgan fingerprint density at radius 2 is 0.783 bits per heavy atom.